The molecule has 0 atom stereocenters. The van der Waals surface area contributed by atoms with E-state index in [1.54, 1.807) is 0 Å². The van der Waals surface area contributed by atoms with Gasteiger partial charge in [0.25, 0.3) is 5.91 Å². The van der Waals surface area contributed by atoms with Crippen LogP contribution >= 0.6 is 15.9 Å². The highest BCUT2D eigenvalue weighted by Gasteiger charge is 2.22. The molecule has 4 heteroatoms. The maximum Gasteiger partial charge on any atom is 0.253 e. The first-order chi connectivity index (χ1) is 11.5. The third-order valence-electron chi connectivity index (χ3n) is 4.77. The van der Waals surface area contributed by atoms with Crippen molar-refractivity contribution in [3.63, 3.8) is 0 Å². The topological polar surface area (TPSA) is 23.6 Å². The predicted molar refractivity (Wildman–Crippen MR) is 101 cm³/mol. The van der Waals surface area contributed by atoms with E-state index in [4.69, 9.17) is 0 Å². The fourth-order valence-electron chi connectivity index (χ4n) is 3.03. The average molecular weight is 387 g/mol. The van der Waals surface area contributed by atoms with Crippen molar-refractivity contribution in [1.29, 1.82) is 0 Å². The summed E-state index contributed by atoms with van der Waals surface area (Å²) < 4.78 is 1.15. The number of amides is 1. The van der Waals surface area contributed by atoms with Gasteiger partial charge < -0.3 is 4.90 Å². The van der Waals surface area contributed by atoms with Crippen LogP contribution in [0.15, 0.2) is 46.9 Å². The van der Waals surface area contributed by atoms with Gasteiger partial charge in [0.05, 0.1) is 0 Å². The molecule has 2 aromatic rings. The van der Waals surface area contributed by atoms with E-state index in [9.17, 15) is 4.79 Å². The van der Waals surface area contributed by atoms with Gasteiger partial charge in [0.15, 0.2) is 0 Å². The fraction of sp³-hybridized carbons (Fsp3) is 0.350. The molecule has 1 heterocycles. The third-order valence-corrected chi connectivity index (χ3v) is 5.54. The van der Waals surface area contributed by atoms with E-state index < -0.39 is 0 Å². The van der Waals surface area contributed by atoms with Crippen molar-refractivity contribution in [3.05, 3.63) is 69.2 Å². The molecular weight excluding hydrogens is 364 g/mol. The zero-order valence-electron chi connectivity index (χ0n) is 14.3. The van der Waals surface area contributed by atoms with Crippen LogP contribution in [0.1, 0.15) is 27.0 Å². The smallest absolute Gasteiger partial charge is 0.253 e. The zero-order chi connectivity index (χ0) is 17.1. The standard InChI is InChI=1S/C20H23BrN2O/c1-15-7-8-17(13-16(15)2)20(24)23-11-9-22(10-12-23)14-18-5-3-4-6-19(18)21/h3-8,13H,9-12,14H2,1-2H3. The highest BCUT2D eigenvalue weighted by atomic mass is 79.9. The Bertz CT molecular complexity index is 736. The van der Waals surface area contributed by atoms with E-state index >= 15 is 0 Å². The lowest BCUT2D eigenvalue weighted by molar-refractivity contribution is 0.0628. The molecule has 0 unspecified atom stereocenters. The number of carbonyl (C=O) groups excluding carboxylic acids is 1. The van der Waals surface area contributed by atoms with Crippen LogP contribution in [0.5, 0.6) is 0 Å². The number of aryl methyl sites for hydroxylation is 2. The summed E-state index contributed by atoms with van der Waals surface area (Å²) in [4.78, 5) is 17.1. The van der Waals surface area contributed by atoms with Crippen LogP contribution in [-0.2, 0) is 6.54 Å². The lowest BCUT2D eigenvalue weighted by Gasteiger charge is -2.35. The number of hydrogen-bond acceptors (Lipinski definition) is 2. The number of hydrogen-bond donors (Lipinski definition) is 0. The summed E-state index contributed by atoms with van der Waals surface area (Å²) in [6.45, 7) is 8.46. The number of carbonyl (C=O) groups is 1. The van der Waals surface area contributed by atoms with E-state index in [0.717, 1.165) is 42.8 Å². The molecule has 0 N–H and O–H groups in total. The second-order valence-corrected chi connectivity index (χ2v) is 7.31. The van der Waals surface area contributed by atoms with Crippen molar-refractivity contribution in [3.8, 4) is 0 Å². The van der Waals surface area contributed by atoms with Crippen molar-refractivity contribution < 1.29 is 4.79 Å². The summed E-state index contributed by atoms with van der Waals surface area (Å²) in [5, 5.41) is 0. The maximum absolute atomic E-state index is 12.7. The van der Waals surface area contributed by atoms with Gasteiger partial charge >= 0.3 is 0 Å². The second-order valence-electron chi connectivity index (χ2n) is 6.46. The van der Waals surface area contributed by atoms with Crippen LogP contribution in [0.4, 0.5) is 0 Å². The first-order valence-electron chi connectivity index (χ1n) is 8.37. The van der Waals surface area contributed by atoms with Gasteiger partial charge in [-0.2, -0.15) is 0 Å². The van der Waals surface area contributed by atoms with E-state index in [0.29, 0.717) is 0 Å². The Morgan fingerprint density at radius 3 is 2.38 bits per heavy atom. The largest absolute Gasteiger partial charge is 0.336 e. The summed E-state index contributed by atoms with van der Waals surface area (Å²) >= 11 is 3.61. The summed E-state index contributed by atoms with van der Waals surface area (Å²) in [7, 11) is 0. The van der Waals surface area contributed by atoms with E-state index in [1.165, 1.54) is 16.7 Å². The molecule has 1 amide bonds. The molecule has 3 nitrogen and oxygen atoms in total. The van der Waals surface area contributed by atoms with Gasteiger partial charge in [0.1, 0.15) is 0 Å². The molecule has 0 spiro atoms. The fourth-order valence-corrected chi connectivity index (χ4v) is 3.44. The molecule has 3 rings (SSSR count). The summed E-state index contributed by atoms with van der Waals surface area (Å²) in [5.41, 5.74) is 4.50. The van der Waals surface area contributed by atoms with Gasteiger partial charge in [-0.3, -0.25) is 9.69 Å². The Morgan fingerprint density at radius 1 is 1.00 bits per heavy atom. The van der Waals surface area contributed by atoms with Crippen LogP contribution in [0.3, 0.4) is 0 Å². The molecule has 1 fully saturated rings. The zero-order valence-corrected chi connectivity index (χ0v) is 15.8. The van der Waals surface area contributed by atoms with Gasteiger partial charge in [0.2, 0.25) is 0 Å². The third kappa shape index (κ3) is 3.87. The molecular formula is C20H23BrN2O. The molecule has 126 valence electrons. The van der Waals surface area contributed by atoms with Gasteiger partial charge in [-0.1, -0.05) is 40.2 Å². The first kappa shape index (κ1) is 17.2. The normalized spacial score (nSPS) is 15.5. The predicted octanol–water partition coefficient (Wildman–Crippen LogP) is 4.02. The highest BCUT2D eigenvalue weighted by molar-refractivity contribution is 9.10. The van der Waals surface area contributed by atoms with E-state index in [-0.39, 0.29) is 5.91 Å². The molecule has 24 heavy (non-hydrogen) atoms. The van der Waals surface area contributed by atoms with Gasteiger partial charge in [-0.05, 0) is 48.7 Å². The quantitative estimate of drug-likeness (QED) is 0.794. The lowest BCUT2D eigenvalue weighted by Crippen LogP contribution is -2.48. The summed E-state index contributed by atoms with van der Waals surface area (Å²) in [6.07, 6.45) is 0. The van der Waals surface area contributed by atoms with Crippen LogP contribution in [0, 0.1) is 13.8 Å². The minimum atomic E-state index is 0.152. The van der Waals surface area contributed by atoms with Crippen molar-refractivity contribution in [1.82, 2.24) is 9.80 Å². The Balaban J connectivity index is 1.59. The molecule has 0 saturated carbocycles. The van der Waals surface area contributed by atoms with Gasteiger partial charge in [-0.15, -0.1) is 0 Å². The molecule has 1 saturated heterocycles. The Kier molecular flexibility index (Phi) is 5.36. The Hall–Kier alpha value is -1.65. The van der Waals surface area contributed by atoms with Gasteiger partial charge in [0, 0.05) is 42.8 Å². The number of benzene rings is 2. The van der Waals surface area contributed by atoms with Crippen LogP contribution in [-0.4, -0.2) is 41.9 Å². The number of nitrogens with zero attached hydrogens (tertiary/aromatic N) is 2. The average Bonchev–Trinajstić information content (AvgIpc) is 2.59. The molecule has 1 aliphatic rings. The molecule has 0 radical (unpaired) electrons. The van der Waals surface area contributed by atoms with Crippen LogP contribution in [0.25, 0.3) is 0 Å². The number of halogens is 1. The van der Waals surface area contributed by atoms with Crippen molar-refractivity contribution >= 4 is 21.8 Å². The molecule has 1 aliphatic heterocycles. The summed E-state index contributed by atoms with van der Waals surface area (Å²) in [6, 6.07) is 14.3. The summed E-state index contributed by atoms with van der Waals surface area (Å²) in [5.74, 6) is 0.152. The van der Waals surface area contributed by atoms with Crippen molar-refractivity contribution in [2.24, 2.45) is 0 Å². The van der Waals surface area contributed by atoms with Gasteiger partial charge in [-0.25, -0.2) is 0 Å². The number of piperazine rings is 1. The molecule has 0 aliphatic carbocycles. The molecule has 0 aromatic heterocycles. The maximum atomic E-state index is 12.7. The number of rotatable bonds is 3. The highest BCUT2D eigenvalue weighted by Crippen LogP contribution is 2.19. The lowest BCUT2D eigenvalue weighted by atomic mass is 10.1. The monoisotopic (exact) mass is 386 g/mol. The second kappa shape index (κ2) is 7.49. The minimum Gasteiger partial charge on any atom is -0.336 e. The van der Waals surface area contributed by atoms with Crippen LogP contribution in [0.2, 0.25) is 0 Å². The molecule has 2 aromatic carbocycles. The Labute approximate surface area is 152 Å². The van der Waals surface area contributed by atoms with E-state index in [2.05, 4.69) is 52.9 Å². The van der Waals surface area contributed by atoms with Crippen molar-refractivity contribution in [2.75, 3.05) is 26.2 Å². The molecule has 0 bridgehead atoms. The van der Waals surface area contributed by atoms with Crippen LogP contribution < -0.4 is 0 Å². The van der Waals surface area contributed by atoms with E-state index in [1.807, 2.05) is 29.2 Å². The Morgan fingerprint density at radius 2 is 1.71 bits per heavy atom. The SMILES string of the molecule is Cc1ccc(C(=O)N2CCN(Cc3ccccc3Br)CC2)cc1C. The van der Waals surface area contributed by atoms with Crippen molar-refractivity contribution in [2.45, 2.75) is 20.4 Å². The first-order valence-corrected chi connectivity index (χ1v) is 9.16. The minimum absolute atomic E-state index is 0.152.